The molecular weight excluding hydrogens is 216 g/mol. The number of pyridine rings is 1. The first-order valence-corrected chi connectivity index (χ1v) is 4.55. The molecule has 1 aromatic heterocycles. The summed E-state index contributed by atoms with van der Waals surface area (Å²) in [5.74, 6) is -0.274. The van der Waals surface area contributed by atoms with Crippen molar-refractivity contribution in [1.82, 2.24) is 4.98 Å². The van der Waals surface area contributed by atoms with Crippen molar-refractivity contribution in [1.29, 1.82) is 0 Å². The molecule has 0 saturated heterocycles. The van der Waals surface area contributed by atoms with Crippen LogP contribution >= 0.6 is 12.4 Å². The summed E-state index contributed by atoms with van der Waals surface area (Å²) in [7, 11) is 0. The largest absolute Gasteiger partial charge is 0.466 e. The zero-order valence-corrected chi connectivity index (χ0v) is 9.37. The SMILES string of the molecule is CCOC(=O)CC(N)c1cccnc1.Cl. The second-order valence-electron chi connectivity index (χ2n) is 2.90. The fourth-order valence-corrected chi connectivity index (χ4v) is 1.11. The standard InChI is InChI=1S/C10H14N2O2.ClH/c1-2-14-10(13)6-9(11)8-4-3-5-12-7-8;/h3-5,7,9H,2,6,11H2,1H3;1H. The summed E-state index contributed by atoms with van der Waals surface area (Å²) in [6.07, 6.45) is 3.52. The molecule has 0 aliphatic rings. The summed E-state index contributed by atoms with van der Waals surface area (Å²) >= 11 is 0. The van der Waals surface area contributed by atoms with E-state index in [1.54, 1.807) is 25.4 Å². The summed E-state index contributed by atoms with van der Waals surface area (Å²) in [6, 6.07) is 3.31. The van der Waals surface area contributed by atoms with Crippen LogP contribution in [0, 0.1) is 0 Å². The van der Waals surface area contributed by atoms with Gasteiger partial charge in [0.1, 0.15) is 0 Å². The molecule has 1 aromatic rings. The molecule has 0 fully saturated rings. The van der Waals surface area contributed by atoms with Crippen LogP contribution in [0.1, 0.15) is 24.9 Å². The van der Waals surface area contributed by atoms with E-state index in [0.717, 1.165) is 5.56 Å². The summed E-state index contributed by atoms with van der Waals surface area (Å²) in [4.78, 5) is 15.0. The van der Waals surface area contributed by atoms with Crippen LogP contribution in [0.4, 0.5) is 0 Å². The Labute approximate surface area is 95.2 Å². The highest BCUT2D eigenvalue weighted by Crippen LogP contribution is 2.12. The normalized spacial score (nSPS) is 11.3. The van der Waals surface area contributed by atoms with Crippen molar-refractivity contribution in [3.63, 3.8) is 0 Å². The summed E-state index contributed by atoms with van der Waals surface area (Å²) in [6.45, 7) is 2.16. The van der Waals surface area contributed by atoms with Crippen molar-refractivity contribution in [2.75, 3.05) is 6.61 Å². The first kappa shape index (κ1) is 13.9. The maximum atomic E-state index is 11.1. The Balaban J connectivity index is 0.00000196. The highest BCUT2D eigenvalue weighted by molar-refractivity contribution is 5.85. The Kier molecular flexibility index (Phi) is 6.66. The molecule has 15 heavy (non-hydrogen) atoms. The number of esters is 1. The lowest BCUT2D eigenvalue weighted by molar-refractivity contribution is -0.143. The highest BCUT2D eigenvalue weighted by Gasteiger charge is 2.11. The number of carbonyl (C=O) groups is 1. The number of halogens is 1. The molecule has 0 aromatic carbocycles. The molecule has 1 atom stereocenters. The van der Waals surface area contributed by atoms with Crippen LogP contribution in [0.25, 0.3) is 0 Å². The molecule has 1 heterocycles. The van der Waals surface area contributed by atoms with Gasteiger partial charge >= 0.3 is 5.97 Å². The minimum absolute atomic E-state index is 0. The van der Waals surface area contributed by atoms with Crippen LogP contribution < -0.4 is 5.73 Å². The third-order valence-corrected chi connectivity index (χ3v) is 1.80. The molecule has 0 spiro atoms. The van der Waals surface area contributed by atoms with Crippen LogP contribution in [0.15, 0.2) is 24.5 Å². The van der Waals surface area contributed by atoms with Gasteiger partial charge in [-0.25, -0.2) is 0 Å². The van der Waals surface area contributed by atoms with Crippen molar-refractivity contribution in [3.8, 4) is 0 Å². The Morgan fingerprint density at radius 1 is 1.67 bits per heavy atom. The Morgan fingerprint density at radius 2 is 2.40 bits per heavy atom. The van der Waals surface area contributed by atoms with Gasteiger partial charge in [-0.05, 0) is 18.6 Å². The molecule has 0 aliphatic heterocycles. The molecular formula is C10H15ClN2O2. The Hall–Kier alpha value is -1.13. The van der Waals surface area contributed by atoms with E-state index in [0.29, 0.717) is 6.61 Å². The lowest BCUT2D eigenvalue weighted by Gasteiger charge is -2.09. The third-order valence-electron chi connectivity index (χ3n) is 1.80. The van der Waals surface area contributed by atoms with Gasteiger partial charge in [-0.2, -0.15) is 0 Å². The molecule has 1 rings (SSSR count). The maximum absolute atomic E-state index is 11.1. The number of hydrogen-bond acceptors (Lipinski definition) is 4. The molecule has 1 unspecified atom stereocenters. The van der Waals surface area contributed by atoms with Gasteiger partial charge in [0, 0.05) is 18.4 Å². The quantitative estimate of drug-likeness (QED) is 0.796. The van der Waals surface area contributed by atoms with E-state index in [9.17, 15) is 4.79 Å². The summed E-state index contributed by atoms with van der Waals surface area (Å²) < 4.78 is 4.79. The predicted octanol–water partition coefficient (Wildman–Crippen LogP) is 1.46. The fraction of sp³-hybridized carbons (Fsp3) is 0.400. The fourth-order valence-electron chi connectivity index (χ4n) is 1.11. The number of hydrogen-bond donors (Lipinski definition) is 1. The first-order chi connectivity index (χ1) is 6.74. The molecule has 0 saturated carbocycles. The third kappa shape index (κ3) is 4.76. The van der Waals surface area contributed by atoms with E-state index in [2.05, 4.69) is 4.98 Å². The lowest BCUT2D eigenvalue weighted by Crippen LogP contribution is -2.17. The number of nitrogens with two attached hydrogens (primary N) is 1. The zero-order valence-electron chi connectivity index (χ0n) is 8.55. The van der Waals surface area contributed by atoms with E-state index < -0.39 is 0 Å². The van der Waals surface area contributed by atoms with Gasteiger partial charge < -0.3 is 10.5 Å². The first-order valence-electron chi connectivity index (χ1n) is 4.55. The van der Waals surface area contributed by atoms with Crippen molar-refractivity contribution < 1.29 is 9.53 Å². The van der Waals surface area contributed by atoms with Crippen molar-refractivity contribution in [3.05, 3.63) is 30.1 Å². The van der Waals surface area contributed by atoms with Gasteiger partial charge in [-0.3, -0.25) is 9.78 Å². The van der Waals surface area contributed by atoms with Gasteiger partial charge in [0.05, 0.1) is 13.0 Å². The van der Waals surface area contributed by atoms with Gasteiger partial charge in [-0.1, -0.05) is 6.07 Å². The van der Waals surface area contributed by atoms with Crippen LogP contribution in [0.3, 0.4) is 0 Å². The molecule has 2 N–H and O–H groups in total. The van der Waals surface area contributed by atoms with Gasteiger partial charge in [0.15, 0.2) is 0 Å². The number of aromatic nitrogens is 1. The second-order valence-corrected chi connectivity index (χ2v) is 2.90. The molecule has 84 valence electrons. The van der Waals surface area contributed by atoms with Gasteiger partial charge in [0.25, 0.3) is 0 Å². The Morgan fingerprint density at radius 3 is 2.93 bits per heavy atom. The summed E-state index contributed by atoms with van der Waals surface area (Å²) in [5, 5.41) is 0. The van der Waals surface area contributed by atoms with Crippen LogP contribution in [-0.2, 0) is 9.53 Å². The maximum Gasteiger partial charge on any atom is 0.307 e. The van der Waals surface area contributed by atoms with Crippen molar-refractivity contribution in [2.45, 2.75) is 19.4 Å². The highest BCUT2D eigenvalue weighted by atomic mass is 35.5. The number of nitrogens with zero attached hydrogens (tertiary/aromatic N) is 1. The Bertz CT molecular complexity index is 293. The summed E-state index contributed by atoms with van der Waals surface area (Å²) in [5.41, 5.74) is 6.63. The predicted molar refractivity (Wildman–Crippen MR) is 59.7 cm³/mol. The van der Waals surface area contributed by atoms with E-state index in [-0.39, 0.29) is 30.8 Å². The molecule has 5 heteroatoms. The van der Waals surface area contributed by atoms with E-state index in [1.807, 2.05) is 6.07 Å². The monoisotopic (exact) mass is 230 g/mol. The van der Waals surface area contributed by atoms with Crippen LogP contribution in [-0.4, -0.2) is 17.6 Å². The minimum Gasteiger partial charge on any atom is -0.466 e. The number of carbonyl (C=O) groups excluding carboxylic acids is 1. The zero-order chi connectivity index (χ0) is 10.4. The molecule has 0 amide bonds. The average Bonchev–Trinajstić information content (AvgIpc) is 2.19. The molecule has 4 nitrogen and oxygen atoms in total. The van der Waals surface area contributed by atoms with Crippen LogP contribution in [0.2, 0.25) is 0 Å². The van der Waals surface area contributed by atoms with Crippen molar-refractivity contribution in [2.24, 2.45) is 5.73 Å². The average molecular weight is 231 g/mol. The smallest absolute Gasteiger partial charge is 0.307 e. The number of rotatable bonds is 4. The molecule has 0 radical (unpaired) electrons. The van der Waals surface area contributed by atoms with E-state index in [4.69, 9.17) is 10.5 Å². The molecule has 0 bridgehead atoms. The van der Waals surface area contributed by atoms with Gasteiger partial charge in [0.2, 0.25) is 0 Å². The topological polar surface area (TPSA) is 65.2 Å². The van der Waals surface area contributed by atoms with Crippen molar-refractivity contribution >= 4 is 18.4 Å². The van der Waals surface area contributed by atoms with E-state index in [1.165, 1.54) is 0 Å². The van der Waals surface area contributed by atoms with E-state index >= 15 is 0 Å². The second kappa shape index (κ2) is 7.20. The molecule has 0 aliphatic carbocycles. The minimum atomic E-state index is -0.331. The number of ether oxygens (including phenoxy) is 1. The lowest BCUT2D eigenvalue weighted by atomic mass is 10.1. The van der Waals surface area contributed by atoms with Crippen LogP contribution in [0.5, 0.6) is 0 Å². The van der Waals surface area contributed by atoms with Gasteiger partial charge in [-0.15, -0.1) is 12.4 Å².